The molecule has 0 spiro atoms. The first kappa shape index (κ1) is 9.44. The monoisotopic (exact) mass is 181 g/mol. The van der Waals surface area contributed by atoms with E-state index in [1.54, 1.807) is 6.07 Å². The lowest BCUT2D eigenvalue weighted by Crippen LogP contribution is -2.16. The van der Waals surface area contributed by atoms with Crippen molar-refractivity contribution in [3.8, 4) is 0 Å². The molecule has 1 heterocycles. The first-order chi connectivity index (χ1) is 6.15. The third-order valence-corrected chi connectivity index (χ3v) is 1.81. The molecule has 0 bridgehead atoms. The van der Waals surface area contributed by atoms with Gasteiger partial charge in [0.15, 0.2) is 0 Å². The fourth-order valence-electron chi connectivity index (χ4n) is 0.874. The van der Waals surface area contributed by atoms with E-state index < -0.39 is 4.92 Å². The Morgan fingerprint density at radius 2 is 2.31 bits per heavy atom. The Balaban J connectivity index is 2.87. The van der Waals surface area contributed by atoms with Crippen molar-refractivity contribution < 1.29 is 4.92 Å². The molecular weight excluding hydrogens is 170 g/mol. The molecule has 0 aliphatic heterocycles. The molecule has 5 nitrogen and oxygen atoms in total. The molecule has 0 unspecified atom stereocenters. The molecule has 5 heteroatoms. The summed E-state index contributed by atoms with van der Waals surface area (Å²) >= 11 is 0. The SMILES string of the molecule is CCN(C)c1ccc([N+](=O)[O-])cn1. The van der Waals surface area contributed by atoms with E-state index in [-0.39, 0.29) is 5.69 Å². The summed E-state index contributed by atoms with van der Waals surface area (Å²) in [6, 6.07) is 3.09. The predicted octanol–water partition coefficient (Wildman–Crippen LogP) is 1.45. The molecular formula is C8H11N3O2. The lowest BCUT2D eigenvalue weighted by molar-refractivity contribution is -0.385. The van der Waals surface area contributed by atoms with E-state index in [0.29, 0.717) is 0 Å². The lowest BCUT2D eigenvalue weighted by Gasteiger charge is -2.14. The number of anilines is 1. The quantitative estimate of drug-likeness (QED) is 0.523. The fraction of sp³-hybridized carbons (Fsp3) is 0.375. The number of pyridine rings is 1. The highest BCUT2D eigenvalue weighted by Gasteiger charge is 2.06. The van der Waals surface area contributed by atoms with Crippen molar-refractivity contribution in [1.29, 1.82) is 0 Å². The van der Waals surface area contributed by atoms with Crippen LogP contribution in [-0.4, -0.2) is 23.5 Å². The molecule has 1 aromatic rings. The summed E-state index contributed by atoms with van der Waals surface area (Å²) in [6.45, 7) is 2.81. The van der Waals surface area contributed by atoms with Crippen molar-refractivity contribution in [2.24, 2.45) is 0 Å². The van der Waals surface area contributed by atoms with Gasteiger partial charge in [0.25, 0.3) is 5.69 Å². The zero-order chi connectivity index (χ0) is 9.84. The molecule has 1 aromatic heterocycles. The van der Waals surface area contributed by atoms with Crippen LogP contribution in [0.25, 0.3) is 0 Å². The van der Waals surface area contributed by atoms with Gasteiger partial charge in [0.2, 0.25) is 0 Å². The van der Waals surface area contributed by atoms with Crippen LogP contribution in [0.5, 0.6) is 0 Å². The van der Waals surface area contributed by atoms with E-state index in [1.165, 1.54) is 12.3 Å². The Kier molecular flexibility index (Phi) is 2.79. The van der Waals surface area contributed by atoms with Crippen molar-refractivity contribution in [1.82, 2.24) is 4.98 Å². The second kappa shape index (κ2) is 3.84. The lowest BCUT2D eigenvalue weighted by atomic mass is 10.4. The third-order valence-electron chi connectivity index (χ3n) is 1.81. The summed E-state index contributed by atoms with van der Waals surface area (Å²) in [4.78, 5) is 15.7. The van der Waals surface area contributed by atoms with Crippen LogP contribution in [0.2, 0.25) is 0 Å². The molecule has 70 valence electrons. The van der Waals surface area contributed by atoms with E-state index in [9.17, 15) is 10.1 Å². The van der Waals surface area contributed by atoms with Crippen molar-refractivity contribution in [3.05, 3.63) is 28.4 Å². The van der Waals surface area contributed by atoms with Crippen molar-refractivity contribution >= 4 is 11.5 Å². The predicted molar refractivity (Wildman–Crippen MR) is 49.8 cm³/mol. The van der Waals surface area contributed by atoms with E-state index in [4.69, 9.17) is 0 Å². The molecule has 0 amide bonds. The molecule has 0 aliphatic rings. The Morgan fingerprint density at radius 3 is 2.69 bits per heavy atom. The number of rotatable bonds is 3. The number of nitro groups is 1. The van der Waals surface area contributed by atoms with Gasteiger partial charge in [-0.15, -0.1) is 0 Å². The molecule has 0 saturated carbocycles. The van der Waals surface area contributed by atoms with Gasteiger partial charge in [-0.3, -0.25) is 10.1 Å². The minimum Gasteiger partial charge on any atom is -0.360 e. The van der Waals surface area contributed by atoms with Crippen LogP contribution in [0.15, 0.2) is 18.3 Å². The first-order valence-corrected chi connectivity index (χ1v) is 3.96. The number of aromatic nitrogens is 1. The van der Waals surface area contributed by atoms with Crippen LogP contribution in [0.3, 0.4) is 0 Å². The Labute approximate surface area is 76.2 Å². The standard InChI is InChI=1S/C8H11N3O2/c1-3-10(2)8-5-4-7(6-9-8)11(12)13/h4-6H,3H2,1-2H3. The van der Waals surface area contributed by atoms with Gasteiger partial charge < -0.3 is 4.90 Å². The molecule has 0 aromatic carbocycles. The number of hydrogen-bond donors (Lipinski definition) is 0. The molecule has 13 heavy (non-hydrogen) atoms. The summed E-state index contributed by atoms with van der Waals surface area (Å²) in [6.07, 6.45) is 1.27. The van der Waals surface area contributed by atoms with Crippen molar-refractivity contribution in [2.75, 3.05) is 18.5 Å². The Bertz CT molecular complexity index is 297. The third kappa shape index (κ3) is 2.14. The maximum absolute atomic E-state index is 10.3. The highest BCUT2D eigenvalue weighted by atomic mass is 16.6. The summed E-state index contributed by atoms with van der Waals surface area (Å²) in [5.74, 6) is 0.744. The summed E-state index contributed by atoms with van der Waals surface area (Å²) in [5.41, 5.74) is 0.0215. The molecule has 0 radical (unpaired) electrons. The van der Waals surface area contributed by atoms with Crippen LogP contribution in [-0.2, 0) is 0 Å². The largest absolute Gasteiger partial charge is 0.360 e. The van der Waals surface area contributed by atoms with Crippen LogP contribution in [0.1, 0.15) is 6.92 Å². The van der Waals surface area contributed by atoms with Crippen LogP contribution >= 0.6 is 0 Å². The minimum atomic E-state index is -0.456. The van der Waals surface area contributed by atoms with Gasteiger partial charge in [-0.05, 0) is 13.0 Å². The van der Waals surface area contributed by atoms with E-state index in [0.717, 1.165) is 12.4 Å². The first-order valence-electron chi connectivity index (χ1n) is 3.96. The van der Waals surface area contributed by atoms with E-state index in [2.05, 4.69) is 4.98 Å². The number of nitrogens with zero attached hydrogens (tertiary/aromatic N) is 3. The summed E-state index contributed by atoms with van der Waals surface area (Å²) < 4.78 is 0. The molecule has 0 N–H and O–H groups in total. The van der Waals surface area contributed by atoms with Gasteiger partial charge in [-0.25, -0.2) is 4.98 Å². The van der Waals surface area contributed by atoms with Gasteiger partial charge in [-0.1, -0.05) is 0 Å². The normalized spacial score (nSPS) is 9.69. The zero-order valence-electron chi connectivity index (χ0n) is 7.60. The highest BCUT2D eigenvalue weighted by molar-refractivity contribution is 5.41. The summed E-state index contributed by atoms with van der Waals surface area (Å²) in [7, 11) is 1.88. The van der Waals surface area contributed by atoms with Gasteiger partial charge in [0.05, 0.1) is 4.92 Å². The van der Waals surface area contributed by atoms with Crippen LogP contribution in [0.4, 0.5) is 11.5 Å². The minimum absolute atomic E-state index is 0.0215. The second-order valence-electron chi connectivity index (χ2n) is 2.65. The van der Waals surface area contributed by atoms with E-state index in [1.807, 2.05) is 18.9 Å². The van der Waals surface area contributed by atoms with Crippen molar-refractivity contribution in [2.45, 2.75) is 6.92 Å². The Morgan fingerprint density at radius 1 is 1.62 bits per heavy atom. The second-order valence-corrected chi connectivity index (χ2v) is 2.65. The molecule has 0 aliphatic carbocycles. The topological polar surface area (TPSA) is 59.3 Å². The average Bonchev–Trinajstić information content (AvgIpc) is 2.17. The molecule has 0 atom stereocenters. The van der Waals surface area contributed by atoms with Gasteiger partial charge in [0.1, 0.15) is 12.0 Å². The summed E-state index contributed by atoms with van der Waals surface area (Å²) in [5, 5.41) is 10.3. The van der Waals surface area contributed by atoms with Crippen molar-refractivity contribution in [3.63, 3.8) is 0 Å². The van der Waals surface area contributed by atoms with Gasteiger partial charge in [-0.2, -0.15) is 0 Å². The zero-order valence-corrected chi connectivity index (χ0v) is 7.60. The Hall–Kier alpha value is -1.65. The average molecular weight is 181 g/mol. The van der Waals surface area contributed by atoms with Gasteiger partial charge in [0, 0.05) is 19.7 Å². The number of hydrogen-bond acceptors (Lipinski definition) is 4. The maximum atomic E-state index is 10.3. The molecule has 1 rings (SSSR count). The van der Waals surface area contributed by atoms with Crippen LogP contribution in [0, 0.1) is 10.1 Å². The van der Waals surface area contributed by atoms with Crippen LogP contribution < -0.4 is 4.90 Å². The highest BCUT2D eigenvalue weighted by Crippen LogP contribution is 2.13. The molecule has 0 fully saturated rings. The fourth-order valence-corrected chi connectivity index (χ4v) is 0.874. The smallest absolute Gasteiger partial charge is 0.287 e. The van der Waals surface area contributed by atoms with Gasteiger partial charge >= 0.3 is 0 Å². The molecule has 0 saturated heterocycles. The van der Waals surface area contributed by atoms with E-state index >= 15 is 0 Å². The maximum Gasteiger partial charge on any atom is 0.287 e.